The van der Waals surface area contributed by atoms with Gasteiger partial charge in [-0.1, -0.05) is 40.2 Å². The second-order valence-electron chi connectivity index (χ2n) is 3.76. The zero-order chi connectivity index (χ0) is 13.1. The van der Waals surface area contributed by atoms with E-state index in [1.54, 1.807) is 6.07 Å². The normalized spacial score (nSPS) is 10.3. The molecule has 0 bridgehead atoms. The van der Waals surface area contributed by atoms with Gasteiger partial charge in [-0.15, -0.1) is 0 Å². The maximum atomic E-state index is 11.4. The highest BCUT2D eigenvalue weighted by Gasteiger charge is 2.10. The zero-order valence-corrected chi connectivity index (χ0v) is 10.9. The highest BCUT2D eigenvalue weighted by molar-refractivity contribution is 9.10. The molecule has 0 aliphatic rings. The molecule has 0 unspecified atom stereocenters. The third kappa shape index (κ3) is 2.68. The standard InChI is InChI=1S/C13H10BrNO3/c14-10-5-6-11(15-12(16)7-13(17)18)9-4-2-1-3-8(9)10/h1-6H,7H2,(H,15,16)(H,17,18). The van der Waals surface area contributed by atoms with E-state index in [2.05, 4.69) is 21.2 Å². The quantitative estimate of drug-likeness (QED) is 0.857. The first-order valence-corrected chi connectivity index (χ1v) is 6.06. The second-order valence-corrected chi connectivity index (χ2v) is 4.61. The number of hydrogen-bond acceptors (Lipinski definition) is 2. The first-order chi connectivity index (χ1) is 8.58. The fourth-order valence-corrected chi connectivity index (χ4v) is 2.18. The Labute approximate surface area is 112 Å². The molecule has 5 heteroatoms. The first kappa shape index (κ1) is 12.6. The Kier molecular flexibility index (Phi) is 3.62. The molecule has 2 N–H and O–H groups in total. The summed E-state index contributed by atoms with van der Waals surface area (Å²) in [6.07, 6.45) is -0.537. The van der Waals surface area contributed by atoms with Crippen molar-refractivity contribution in [3.8, 4) is 0 Å². The maximum Gasteiger partial charge on any atom is 0.312 e. The van der Waals surface area contributed by atoms with Crippen LogP contribution in [0.3, 0.4) is 0 Å². The van der Waals surface area contributed by atoms with Crippen molar-refractivity contribution in [1.29, 1.82) is 0 Å². The van der Waals surface area contributed by atoms with E-state index in [-0.39, 0.29) is 0 Å². The molecule has 0 aliphatic carbocycles. The number of aliphatic carboxylic acids is 1. The van der Waals surface area contributed by atoms with Gasteiger partial charge in [0.05, 0.1) is 0 Å². The molecule has 0 aliphatic heterocycles. The lowest BCUT2D eigenvalue weighted by atomic mass is 10.1. The number of halogens is 1. The molecular weight excluding hydrogens is 298 g/mol. The number of hydrogen-bond donors (Lipinski definition) is 2. The predicted molar refractivity (Wildman–Crippen MR) is 72.5 cm³/mol. The van der Waals surface area contributed by atoms with E-state index in [1.807, 2.05) is 30.3 Å². The lowest BCUT2D eigenvalue weighted by molar-refractivity contribution is -0.139. The van der Waals surface area contributed by atoms with Gasteiger partial charge >= 0.3 is 5.97 Å². The van der Waals surface area contributed by atoms with Gasteiger partial charge in [0, 0.05) is 15.5 Å². The van der Waals surface area contributed by atoms with E-state index < -0.39 is 18.3 Å². The second kappa shape index (κ2) is 5.18. The van der Waals surface area contributed by atoms with Crippen LogP contribution in [0.1, 0.15) is 6.42 Å². The number of carbonyl (C=O) groups is 2. The Balaban J connectivity index is 2.37. The number of benzene rings is 2. The number of rotatable bonds is 3. The molecule has 0 saturated heterocycles. The number of fused-ring (bicyclic) bond motifs is 1. The van der Waals surface area contributed by atoms with Gasteiger partial charge in [0.1, 0.15) is 6.42 Å². The van der Waals surface area contributed by atoms with Crippen LogP contribution in [0.2, 0.25) is 0 Å². The van der Waals surface area contributed by atoms with Crippen molar-refractivity contribution in [3.63, 3.8) is 0 Å². The van der Waals surface area contributed by atoms with E-state index in [0.717, 1.165) is 15.2 Å². The Morgan fingerprint density at radius 2 is 1.78 bits per heavy atom. The molecule has 0 atom stereocenters. The number of carboxylic acids is 1. The first-order valence-electron chi connectivity index (χ1n) is 5.27. The molecule has 0 saturated carbocycles. The summed E-state index contributed by atoms with van der Waals surface area (Å²) >= 11 is 3.43. The van der Waals surface area contributed by atoms with Crippen LogP contribution >= 0.6 is 15.9 Å². The molecule has 2 aromatic carbocycles. The SMILES string of the molecule is O=C(O)CC(=O)Nc1ccc(Br)c2ccccc12. The summed E-state index contributed by atoms with van der Waals surface area (Å²) in [6, 6.07) is 11.1. The zero-order valence-electron chi connectivity index (χ0n) is 9.31. The summed E-state index contributed by atoms with van der Waals surface area (Å²) < 4.78 is 0.925. The topological polar surface area (TPSA) is 66.4 Å². The fraction of sp³-hybridized carbons (Fsp3) is 0.0769. The van der Waals surface area contributed by atoms with Crippen LogP contribution in [0, 0.1) is 0 Å². The minimum absolute atomic E-state index is 0.532. The van der Waals surface area contributed by atoms with Crippen molar-refractivity contribution < 1.29 is 14.7 Å². The number of carboxylic acid groups (broad SMARTS) is 1. The Morgan fingerprint density at radius 3 is 2.44 bits per heavy atom. The van der Waals surface area contributed by atoms with Crippen molar-refractivity contribution in [1.82, 2.24) is 0 Å². The number of nitrogens with one attached hydrogen (secondary N) is 1. The Bertz CT molecular complexity index is 625. The molecule has 0 spiro atoms. The van der Waals surface area contributed by atoms with Gasteiger partial charge in [0.2, 0.25) is 5.91 Å². The summed E-state index contributed by atoms with van der Waals surface area (Å²) in [5.41, 5.74) is 0.611. The van der Waals surface area contributed by atoms with Gasteiger partial charge in [-0.25, -0.2) is 0 Å². The third-order valence-electron chi connectivity index (χ3n) is 2.46. The summed E-state index contributed by atoms with van der Waals surface area (Å²) in [5, 5.41) is 13.0. The van der Waals surface area contributed by atoms with E-state index >= 15 is 0 Å². The van der Waals surface area contributed by atoms with E-state index in [9.17, 15) is 9.59 Å². The molecule has 4 nitrogen and oxygen atoms in total. The van der Waals surface area contributed by atoms with Gasteiger partial charge in [-0.05, 0) is 17.5 Å². The maximum absolute atomic E-state index is 11.4. The summed E-state index contributed by atoms with van der Waals surface area (Å²) in [6.45, 7) is 0. The van der Waals surface area contributed by atoms with Crippen molar-refractivity contribution in [2.45, 2.75) is 6.42 Å². The minimum Gasteiger partial charge on any atom is -0.481 e. The molecule has 92 valence electrons. The highest BCUT2D eigenvalue weighted by Crippen LogP contribution is 2.29. The van der Waals surface area contributed by atoms with Crippen molar-refractivity contribution in [2.24, 2.45) is 0 Å². The number of amides is 1. The molecule has 2 rings (SSSR count). The lowest BCUT2D eigenvalue weighted by Crippen LogP contribution is -2.16. The largest absolute Gasteiger partial charge is 0.481 e. The molecule has 18 heavy (non-hydrogen) atoms. The van der Waals surface area contributed by atoms with Gasteiger partial charge in [-0.2, -0.15) is 0 Å². The van der Waals surface area contributed by atoms with Crippen LogP contribution in [0.15, 0.2) is 40.9 Å². The molecule has 2 aromatic rings. The predicted octanol–water partition coefficient (Wildman–Crippen LogP) is 3.02. The molecular formula is C13H10BrNO3. The van der Waals surface area contributed by atoms with Gasteiger partial charge in [-0.3, -0.25) is 9.59 Å². The number of anilines is 1. The van der Waals surface area contributed by atoms with Crippen LogP contribution < -0.4 is 5.32 Å². The Morgan fingerprint density at radius 1 is 1.11 bits per heavy atom. The van der Waals surface area contributed by atoms with Crippen LogP contribution in [0.4, 0.5) is 5.69 Å². The van der Waals surface area contributed by atoms with Crippen molar-refractivity contribution >= 4 is 44.3 Å². The van der Waals surface area contributed by atoms with Crippen molar-refractivity contribution in [3.05, 3.63) is 40.9 Å². The molecule has 0 radical (unpaired) electrons. The van der Waals surface area contributed by atoms with Crippen LogP contribution in [0.5, 0.6) is 0 Å². The Hall–Kier alpha value is -1.88. The molecule has 1 amide bonds. The van der Waals surface area contributed by atoms with E-state index in [1.165, 1.54) is 0 Å². The summed E-state index contributed by atoms with van der Waals surface area (Å²) in [4.78, 5) is 21.9. The monoisotopic (exact) mass is 307 g/mol. The van der Waals surface area contributed by atoms with Crippen LogP contribution in [-0.2, 0) is 9.59 Å². The average molecular weight is 308 g/mol. The molecule has 0 heterocycles. The van der Waals surface area contributed by atoms with Gasteiger partial charge < -0.3 is 10.4 Å². The minimum atomic E-state index is -1.14. The summed E-state index contributed by atoms with van der Waals surface area (Å²) in [5.74, 6) is -1.68. The smallest absolute Gasteiger partial charge is 0.312 e. The average Bonchev–Trinajstić information content (AvgIpc) is 2.32. The molecule has 0 aromatic heterocycles. The summed E-state index contributed by atoms with van der Waals surface area (Å²) in [7, 11) is 0. The lowest BCUT2D eigenvalue weighted by Gasteiger charge is -2.09. The van der Waals surface area contributed by atoms with E-state index in [0.29, 0.717) is 5.69 Å². The number of carbonyl (C=O) groups excluding carboxylic acids is 1. The van der Waals surface area contributed by atoms with E-state index in [4.69, 9.17) is 5.11 Å². The van der Waals surface area contributed by atoms with Crippen LogP contribution in [0.25, 0.3) is 10.8 Å². The highest BCUT2D eigenvalue weighted by atomic mass is 79.9. The third-order valence-corrected chi connectivity index (χ3v) is 3.15. The van der Waals surface area contributed by atoms with Gasteiger partial charge in [0.15, 0.2) is 0 Å². The van der Waals surface area contributed by atoms with Crippen molar-refractivity contribution in [2.75, 3.05) is 5.32 Å². The molecule has 0 fully saturated rings. The van der Waals surface area contributed by atoms with Gasteiger partial charge in [0.25, 0.3) is 0 Å². The van der Waals surface area contributed by atoms with Crippen LogP contribution in [-0.4, -0.2) is 17.0 Å². The fourth-order valence-electron chi connectivity index (χ4n) is 1.70.